The van der Waals surface area contributed by atoms with Gasteiger partial charge < -0.3 is 81.5 Å². The first kappa shape index (κ1) is 36.4. The number of carbonyl (C=O) groups is 4. The van der Waals surface area contributed by atoms with Crippen molar-refractivity contribution in [3.8, 4) is 23.0 Å². The molecule has 0 aliphatic heterocycles. The van der Waals surface area contributed by atoms with Crippen molar-refractivity contribution in [1.29, 1.82) is 0 Å². The molecule has 0 saturated heterocycles. The molecule has 0 radical (unpaired) electrons. The van der Waals surface area contributed by atoms with Gasteiger partial charge in [-0.1, -0.05) is 0 Å². The van der Waals surface area contributed by atoms with Crippen molar-refractivity contribution in [2.45, 2.75) is 25.7 Å². The van der Waals surface area contributed by atoms with Crippen molar-refractivity contribution < 1.29 is 58.6 Å². The summed E-state index contributed by atoms with van der Waals surface area (Å²) < 4.78 is 23.1. The van der Waals surface area contributed by atoms with Crippen LogP contribution in [0.2, 0.25) is 0 Å². The summed E-state index contributed by atoms with van der Waals surface area (Å²) in [6.45, 7) is -3.44. The van der Waals surface area contributed by atoms with Crippen molar-refractivity contribution in [1.82, 2.24) is 0 Å². The lowest BCUT2D eigenvalue weighted by molar-refractivity contribution is -0.308. The fourth-order valence-corrected chi connectivity index (χ4v) is 6.26. The Bertz CT molecular complexity index is 1690. The van der Waals surface area contributed by atoms with E-state index in [2.05, 4.69) is 0 Å². The molecule has 16 nitrogen and oxygen atoms in total. The highest BCUT2D eigenvalue weighted by Crippen LogP contribution is 2.41. The molecule has 5 rings (SSSR count). The van der Waals surface area contributed by atoms with E-state index in [1.165, 1.54) is 48.5 Å². The second kappa shape index (κ2) is 15.4. The van der Waals surface area contributed by atoms with Crippen molar-refractivity contribution in [3.63, 3.8) is 0 Å². The molecular weight excluding hydrogens is 680 g/mol. The molecule has 0 fully saturated rings. The minimum Gasteiger partial charge on any atom is -0.546 e. The number of hydrogen-bond acceptors (Lipinski definition) is 16. The topological polar surface area (TPSA) is 302 Å². The molecule has 0 heterocycles. The number of hydrogen-bond donors (Lipinski definition) is 4. The van der Waals surface area contributed by atoms with Gasteiger partial charge in [-0.2, -0.15) is 0 Å². The van der Waals surface area contributed by atoms with Gasteiger partial charge in [-0.25, -0.2) is 0 Å². The van der Waals surface area contributed by atoms with Crippen molar-refractivity contribution in [2.24, 2.45) is 0 Å². The predicted octanol–water partition coefficient (Wildman–Crippen LogP) is -2.79. The minimum atomic E-state index is -1.53. The second-order valence-electron chi connectivity index (χ2n) is 12.0. The van der Waals surface area contributed by atoms with Gasteiger partial charge in [0.2, 0.25) is 0 Å². The van der Waals surface area contributed by atoms with Crippen molar-refractivity contribution in [2.75, 3.05) is 49.4 Å². The summed E-state index contributed by atoms with van der Waals surface area (Å²) in [5, 5.41) is 46.3. The van der Waals surface area contributed by atoms with Crippen LogP contribution in [0.25, 0.3) is 0 Å². The fraction of sp³-hybridized carbons (Fsp3) is 0.222. The SMILES string of the molecule is Nc1cc2c(OCC(=O)[O-])c(c1)Cc1cc(N)cc(c1OCC(=O)[O-])Cc1cc(N)cc(c1OCC(=O)[O-])Cc1cc(N)cc(c1OCC(=O)[O-])C2. The summed E-state index contributed by atoms with van der Waals surface area (Å²) in [6.07, 6.45) is -0.360. The van der Waals surface area contributed by atoms with E-state index in [0.717, 1.165) is 0 Å². The molecule has 1 aliphatic carbocycles. The average molecular weight is 713 g/mol. The number of carbonyl (C=O) groups excluding carboxylic acids is 4. The summed E-state index contributed by atoms with van der Waals surface area (Å²) in [5.74, 6) is -5.81. The van der Waals surface area contributed by atoms with E-state index in [4.69, 9.17) is 41.9 Å². The molecule has 0 aromatic heterocycles. The largest absolute Gasteiger partial charge is 0.546 e. The first-order valence-corrected chi connectivity index (χ1v) is 15.6. The molecule has 0 saturated carbocycles. The molecule has 8 N–H and O–H groups in total. The lowest BCUT2D eigenvalue weighted by atomic mass is 9.90. The number of carboxylic acids is 4. The van der Waals surface area contributed by atoms with Gasteiger partial charge in [-0.3, -0.25) is 0 Å². The Morgan fingerprint density at radius 3 is 0.673 bits per heavy atom. The first-order chi connectivity index (χ1) is 24.7. The summed E-state index contributed by atoms with van der Waals surface area (Å²) in [7, 11) is 0. The maximum absolute atomic E-state index is 11.6. The van der Waals surface area contributed by atoms with Gasteiger partial charge in [0, 0.05) is 92.9 Å². The monoisotopic (exact) mass is 712 g/mol. The Morgan fingerprint density at radius 2 is 0.538 bits per heavy atom. The average Bonchev–Trinajstić information content (AvgIpc) is 3.02. The predicted molar refractivity (Wildman–Crippen MR) is 177 cm³/mol. The van der Waals surface area contributed by atoms with Crippen LogP contribution in [0.15, 0.2) is 48.5 Å². The maximum atomic E-state index is 11.6. The molecule has 0 amide bonds. The van der Waals surface area contributed by atoms with E-state index < -0.39 is 50.3 Å². The molecule has 272 valence electrons. The Labute approximate surface area is 296 Å². The van der Waals surface area contributed by atoms with Crippen LogP contribution in [-0.2, 0) is 44.9 Å². The number of nitrogens with two attached hydrogens (primary N) is 4. The van der Waals surface area contributed by atoms with Gasteiger partial charge in [0.1, 0.15) is 49.4 Å². The van der Waals surface area contributed by atoms with Gasteiger partial charge in [0.05, 0.1) is 23.9 Å². The highest BCUT2D eigenvalue weighted by Gasteiger charge is 2.24. The Hall–Kier alpha value is -6.84. The summed E-state index contributed by atoms with van der Waals surface area (Å²) in [5.41, 5.74) is 29.0. The highest BCUT2D eigenvalue weighted by atomic mass is 16.5. The summed E-state index contributed by atoms with van der Waals surface area (Å²) in [6, 6.07) is 12.2. The third kappa shape index (κ3) is 8.84. The van der Waals surface area contributed by atoms with Gasteiger partial charge >= 0.3 is 0 Å². The third-order valence-electron chi connectivity index (χ3n) is 7.92. The standard InChI is InChI=1S/C36H36N4O12/c37-25-5-17-1-18-6-26(38)8-20(34(18)50-14-30(43)44)3-22-10-28(40)12-24(36(22)52-16-32(47)48)4-23-11-27(39)9-21(35(23)51-15-31(45)46)2-19(7-25)33(17)49-13-29(41)42/h5-12H,1-4,13-16,37-40H2,(H,41,42)(H,43,44)(H,45,46)(H,47,48)/p-4. The molecule has 4 aromatic carbocycles. The fourth-order valence-electron chi connectivity index (χ4n) is 6.26. The Kier molecular flexibility index (Phi) is 10.8. The van der Waals surface area contributed by atoms with E-state index >= 15 is 0 Å². The summed E-state index contributed by atoms with van der Waals surface area (Å²) >= 11 is 0. The lowest BCUT2D eigenvalue weighted by Gasteiger charge is -2.24. The van der Waals surface area contributed by atoms with Crippen LogP contribution >= 0.6 is 0 Å². The highest BCUT2D eigenvalue weighted by molar-refractivity contribution is 5.70. The zero-order chi connectivity index (χ0) is 37.7. The number of nitrogen functional groups attached to an aromatic ring is 4. The van der Waals surface area contributed by atoms with Crippen LogP contribution in [0.5, 0.6) is 23.0 Å². The Morgan fingerprint density at radius 1 is 0.385 bits per heavy atom. The van der Waals surface area contributed by atoms with Gasteiger partial charge in [-0.15, -0.1) is 0 Å². The molecular formula is C36H32N4O12-4. The van der Waals surface area contributed by atoms with Gasteiger partial charge in [0.25, 0.3) is 0 Å². The quantitative estimate of drug-likeness (QED) is 0.0950. The van der Waals surface area contributed by atoms with Gasteiger partial charge in [-0.05, 0) is 48.5 Å². The van der Waals surface area contributed by atoms with E-state index in [1.807, 2.05) is 0 Å². The van der Waals surface area contributed by atoms with Crippen LogP contribution in [0.4, 0.5) is 22.7 Å². The number of benzene rings is 4. The Balaban J connectivity index is 1.86. The number of fused-ring (bicyclic) bond motifs is 8. The van der Waals surface area contributed by atoms with Crippen LogP contribution in [0, 0.1) is 0 Å². The van der Waals surface area contributed by atoms with E-state index in [-0.39, 0.29) is 71.4 Å². The number of anilines is 4. The smallest absolute Gasteiger partial charge is 0.128 e. The third-order valence-corrected chi connectivity index (χ3v) is 7.92. The molecule has 52 heavy (non-hydrogen) atoms. The van der Waals surface area contributed by atoms with Crippen LogP contribution in [0.1, 0.15) is 44.5 Å². The lowest BCUT2D eigenvalue weighted by Crippen LogP contribution is -2.30. The van der Waals surface area contributed by atoms with Crippen molar-refractivity contribution in [3.05, 3.63) is 93.0 Å². The summed E-state index contributed by atoms with van der Waals surface area (Å²) in [4.78, 5) is 46.3. The van der Waals surface area contributed by atoms with Crippen LogP contribution in [-0.4, -0.2) is 50.3 Å². The first-order valence-electron chi connectivity index (χ1n) is 15.6. The molecule has 0 atom stereocenters. The van der Waals surface area contributed by atoms with E-state index in [9.17, 15) is 39.6 Å². The zero-order valence-corrected chi connectivity index (χ0v) is 27.5. The minimum absolute atomic E-state index is 0.0751. The number of carboxylic acid groups (broad SMARTS) is 4. The molecule has 1 aliphatic rings. The van der Waals surface area contributed by atoms with Crippen LogP contribution in [0.3, 0.4) is 0 Å². The molecule has 4 aromatic rings. The molecule has 0 unspecified atom stereocenters. The maximum Gasteiger partial charge on any atom is 0.128 e. The number of rotatable bonds is 12. The molecule has 0 spiro atoms. The van der Waals surface area contributed by atoms with Crippen LogP contribution < -0.4 is 62.3 Å². The molecule has 8 bridgehead atoms. The van der Waals surface area contributed by atoms with E-state index in [0.29, 0.717) is 44.5 Å². The number of aliphatic carboxylic acids is 4. The number of ether oxygens (including phenoxy) is 4. The van der Waals surface area contributed by atoms with Gasteiger partial charge in [0.15, 0.2) is 0 Å². The zero-order valence-electron chi connectivity index (χ0n) is 27.5. The molecule has 16 heteroatoms. The normalized spacial score (nSPS) is 12.0. The second-order valence-corrected chi connectivity index (χ2v) is 12.0. The van der Waals surface area contributed by atoms with Crippen molar-refractivity contribution >= 4 is 46.6 Å². The van der Waals surface area contributed by atoms with E-state index in [1.54, 1.807) is 0 Å².